The summed E-state index contributed by atoms with van der Waals surface area (Å²) in [6.07, 6.45) is 5.77. The fourth-order valence-corrected chi connectivity index (χ4v) is 4.39. The first-order valence-electron chi connectivity index (χ1n) is 13.7. The van der Waals surface area contributed by atoms with E-state index in [2.05, 4.69) is 21.1 Å². The number of nitrogens with one attached hydrogen (secondary N) is 3. The molecule has 11 heteroatoms. The van der Waals surface area contributed by atoms with Gasteiger partial charge in [0.15, 0.2) is 11.5 Å². The maximum Gasteiger partial charge on any atom is 0.330 e. The van der Waals surface area contributed by atoms with Gasteiger partial charge >= 0.3 is 5.97 Å². The number of ketones is 1. The predicted molar refractivity (Wildman–Crippen MR) is 148 cm³/mol. The quantitative estimate of drug-likeness (QED) is 0.169. The summed E-state index contributed by atoms with van der Waals surface area (Å²) in [7, 11) is 0. The fraction of sp³-hybridized carbons (Fsp3) is 0.586. The molecule has 3 amide bonds. The molecule has 220 valence electrons. The van der Waals surface area contributed by atoms with Gasteiger partial charge in [0.25, 0.3) is 5.91 Å². The lowest BCUT2D eigenvalue weighted by Gasteiger charge is -2.25. The number of hydrogen-bond donors (Lipinski definition) is 3. The molecule has 0 aromatic carbocycles. The van der Waals surface area contributed by atoms with Crippen LogP contribution >= 0.6 is 0 Å². The zero-order chi connectivity index (χ0) is 29.8. The van der Waals surface area contributed by atoms with E-state index in [0.717, 1.165) is 5.57 Å². The summed E-state index contributed by atoms with van der Waals surface area (Å²) in [5, 5.41) is 12.1. The van der Waals surface area contributed by atoms with Gasteiger partial charge in [-0.15, -0.1) is 0 Å². The summed E-state index contributed by atoms with van der Waals surface area (Å²) in [6, 6.07) is 0.0240. The first kappa shape index (κ1) is 32.5. The molecule has 1 aromatic rings. The molecule has 0 radical (unpaired) electrons. The topological polar surface area (TPSA) is 157 Å². The Labute approximate surface area is 235 Å². The predicted octanol–water partition coefficient (Wildman–Crippen LogP) is 2.80. The molecule has 1 aliphatic heterocycles. The number of allylic oxidation sites excluding steroid dienone is 2. The molecule has 1 fully saturated rings. The summed E-state index contributed by atoms with van der Waals surface area (Å²) in [5.41, 5.74) is 1.06. The standard InChI is InChI=1S/C29H42N4O7/c1-7-39-25(35)11-10-22(15-21-12-13-30-27(21)36)31-28(37)20(9-8-17(2)3)16-24(34)26(18(4)5)32-29(38)23-14-19(6)40-33-23/h8,10-11,14,18,20-22,26H,7,9,12-13,15-16H2,1-6H3,(H,30,36)(H,31,37)(H,32,38)/t20-,21+,22-,26+/m1/s1. The molecule has 1 aromatic heterocycles. The van der Waals surface area contributed by atoms with E-state index in [1.807, 2.05) is 33.8 Å². The average molecular weight is 559 g/mol. The number of amides is 3. The summed E-state index contributed by atoms with van der Waals surface area (Å²) in [4.78, 5) is 63.7. The Bertz CT molecular complexity index is 1120. The van der Waals surface area contributed by atoms with Crippen molar-refractivity contribution in [3.63, 3.8) is 0 Å². The van der Waals surface area contributed by atoms with Crippen molar-refractivity contribution < 1.29 is 33.2 Å². The maximum atomic E-state index is 13.5. The minimum atomic E-state index is -0.840. The fourth-order valence-electron chi connectivity index (χ4n) is 4.39. The third-order valence-corrected chi connectivity index (χ3v) is 6.57. The minimum Gasteiger partial charge on any atom is -0.463 e. The van der Waals surface area contributed by atoms with Crippen LogP contribution in [0.2, 0.25) is 0 Å². The van der Waals surface area contributed by atoms with Crippen molar-refractivity contribution >= 4 is 29.5 Å². The van der Waals surface area contributed by atoms with E-state index in [1.165, 1.54) is 18.2 Å². The van der Waals surface area contributed by atoms with E-state index >= 15 is 0 Å². The number of ether oxygens (including phenoxy) is 1. The van der Waals surface area contributed by atoms with Gasteiger partial charge in [-0.3, -0.25) is 19.2 Å². The van der Waals surface area contributed by atoms with E-state index in [-0.39, 0.29) is 48.2 Å². The van der Waals surface area contributed by atoms with Crippen LogP contribution in [0.15, 0.2) is 34.4 Å². The van der Waals surface area contributed by atoms with Crippen LogP contribution in [0.4, 0.5) is 0 Å². The highest BCUT2D eigenvalue weighted by molar-refractivity contribution is 5.97. The van der Waals surface area contributed by atoms with Crippen LogP contribution in [-0.4, -0.2) is 59.9 Å². The van der Waals surface area contributed by atoms with Gasteiger partial charge in [-0.1, -0.05) is 36.7 Å². The summed E-state index contributed by atoms with van der Waals surface area (Å²) in [6.45, 7) is 11.5. The molecule has 2 rings (SSSR count). The van der Waals surface area contributed by atoms with Crippen molar-refractivity contribution in [2.75, 3.05) is 13.2 Å². The average Bonchev–Trinajstić information content (AvgIpc) is 3.50. The van der Waals surface area contributed by atoms with E-state index in [1.54, 1.807) is 13.8 Å². The molecule has 0 aliphatic carbocycles. The zero-order valence-corrected chi connectivity index (χ0v) is 24.2. The number of aryl methyl sites for hydroxylation is 1. The molecule has 1 aliphatic rings. The number of aromatic nitrogens is 1. The number of carbonyl (C=O) groups excluding carboxylic acids is 5. The van der Waals surface area contributed by atoms with Gasteiger partial charge in [0.2, 0.25) is 11.8 Å². The second kappa shape index (κ2) is 15.7. The minimum absolute atomic E-state index is 0.0713. The van der Waals surface area contributed by atoms with Crippen molar-refractivity contribution in [1.29, 1.82) is 0 Å². The SMILES string of the molecule is CCOC(=O)C=C[C@H](C[C@@H]1CCNC1=O)NC(=O)[C@H](CC=C(C)C)CC(=O)[C@@H](NC(=O)c1cc(C)on1)C(C)C. The Morgan fingerprint density at radius 1 is 1.23 bits per heavy atom. The van der Waals surface area contributed by atoms with Crippen LogP contribution in [0, 0.1) is 24.7 Å². The molecule has 11 nitrogen and oxygen atoms in total. The molecule has 0 spiro atoms. The van der Waals surface area contributed by atoms with Gasteiger partial charge in [0, 0.05) is 43.0 Å². The van der Waals surface area contributed by atoms with E-state index in [9.17, 15) is 24.0 Å². The molecule has 1 saturated heterocycles. The smallest absolute Gasteiger partial charge is 0.330 e. The molecule has 4 atom stereocenters. The maximum absolute atomic E-state index is 13.5. The van der Waals surface area contributed by atoms with Gasteiger partial charge in [-0.25, -0.2) is 4.79 Å². The lowest BCUT2D eigenvalue weighted by molar-refractivity contribution is -0.137. The van der Waals surface area contributed by atoms with E-state index < -0.39 is 29.9 Å². The first-order valence-corrected chi connectivity index (χ1v) is 13.7. The Morgan fingerprint density at radius 3 is 2.50 bits per heavy atom. The number of nitrogens with zero attached hydrogens (tertiary/aromatic N) is 1. The van der Waals surface area contributed by atoms with Crippen molar-refractivity contribution in [2.24, 2.45) is 17.8 Å². The summed E-state index contributed by atoms with van der Waals surface area (Å²) in [5.74, 6) is -2.67. The highest BCUT2D eigenvalue weighted by Gasteiger charge is 2.32. The Kier molecular flexibility index (Phi) is 12.8. The monoisotopic (exact) mass is 558 g/mol. The Hall–Kier alpha value is -3.76. The van der Waals surface area contributed by atoms with Gasteiger partial charge in [0.1, 0.15) is 5.76 Å². The second-order valence-electron chi connectivity index (χ2n) is 10.6. The van der Waals surface area contributed by atoms with Crippen LogP contribution in [0.1, 0.15) is 76.6 Å². The zero-order valence-electron chi connectivity index (χ0n) is 24.2. The summed E-state index contributed by atoms with van der Waals surface area (Å²) >= 11 is 0. The molecule has 3 N–H and O–H groups in total. The summed E-state index contributed by atoms with van der Waals surface area (Å²) < 4.78 is 9.92. The molecule has 40 heavy (non-hydrogen) atoms. The van der Waals surface area contributed by atoms with Gasteiger partial charge in [-0.2, -0.15) is 0 Å². The van der Waals surface area contributed by atoms with Crippen molar-refractivity contribution in [3.8, 4) is 0 Å². The number of Topliss-reactive ketones (excluding diaryl/α,β-unsaturated/α-hetero) is 1. The third kappa shape index (κ3) is 10.4. The molecule has 0 saturated carbocycles. The second-order valence-corrected chi connectivity index (χ2v) is 10.6. The van der Waals surface area contributed by atoms with Crippen LogP contribution in [0.5, 0.6) is 0 Å². The normalized spacial score (nSPS) is 17.2. The molecule has 0 unspecified atom stereocenters. The molecule has 0 bridgehead atoms. The first-order chi connectivity index (χ1) is 18.9. The molecular weight excluding hydrogens is 516 g/mol. The highest BCUT2D eigenvalue weighted by atomic mass is 16.5. The lowest BCUT2D eigenvalue weighted by Crippen LogP contribution is -2.46. The number of rotatable bonds is 15. The van der Waals surface area contributed by atoms with Crippen LogP contribution in [0.25, 0.3) is 0 Å². The van der Waals surface area contributed by atoms with Crippen LogP contribution in [0.3, 0.4) is 0 Å². The highest BCUT2D eigenvalue weighted by Crippen LogP contribution is 2.20. The third-order valence-electron chi connectivity index (χ3n) is 6.57. The van der Waals surface area contributed by atoms with Gasteiger partial charge < -0.3 is 25.2 Å². The largest absolute Gasteiger partial charge is 0.463 e. The number of hydrogen-bond acceptors (Lipinski definition) is 8. The van der Waals surface area contributed by atoms with E-state index in [0.29, 0.717) is 31.6 Å². The Morgan fingerprint density at radius 2 is 1.95 bits per heavy atom. The van der Waals surface area contributed by atoms with Crippen molar-refractivity contribution in [1.82, 2.24) is 21.1 Å². The number of carbonyl (C=O) groups is 5. The lowest BCUT2D eigenvalue weighted by atomic mass is 9.89. The van der Waals surface area contributed by atoms with Gasteiger partial charge in [0.05, 0.1) is 12.6 Å². The Balaban J connectivity index is 2.21. The van der Waals surface area contributed by atoms with Crippen molar-refractivity contribution in [2.45, 2.75) is 79.3 Å². The van der Waals surface area contributed by atoms with E-state index in [4.69, 9.17) is 9.26 Å². The number of esters is 1. The van der Waals surface area contributed by atoms with Gasteiger partial charge in [-0.05, 0) is 52.9 Å². The van der Waals surface area contributed by atoms with Crippen LogP contribution in [-0.2, 0) is 23.9 Å². The van der Waals surface area contributed by atoms with Crippen LogP contribution < -0.4 is 16.0 Å². The molecule has 2 heterocycles. The van der Waals surface area contributed by atoms with Crippen molar-refractivity contribution in [3.05, 3.63) is 41.3 Å². The molecular formula is C29H42N4O7.